The molecule has 0 bridgehead atoms. The van der Waals surface area contributed by atoms with Gasteiger partial charge in [0, 0.05) is 0 Å². The number of aliphatic hydroxyl groups excluding tert-OH is 1. The summed E-state index contributed by atoms with van der Waals surface area (Å²) >= 11 is 0. The normalized spacial score (nSPS) is 15.1. The maximum Gasteiger partial charge on any atom is 0.0615 e. The van der Waals surface area contributed by atoms with Crippen LogP contribution in [0.3, 0.4) is 0 Å². The van der Waals surface area contributed by atoms with Crippen LogP contribution in [-0.2, 0) is 0 Å². The first-order valence-corrected chi connectivity index (χ1v) is 3.12. The second-order valence-electron chi connectivity index (χ2n) is 1.92. The summed E-state index contributed by atoms with van der Waals surface area (Å²) in [7, 11) is 0. The van der Waals surface area contributed by atoms with E-state index in [0.29, 0.717) is 0 Å². The van der Waals surface area contributed by atoms with Gasteiger partial charge in [-0.05, 0) is 5.56 Å². The van der Waals surface area contributed by atoms with Crippen LogP contribution < -0.4 is 0 Å². The SMILES string of the molecule is [2H][C@H](O)/C=C/c1ccccc1. The molecular weight excluding hydrogens is 124 g/mol. The van der Waals surface area contributed by atoms with E-state index < -0.39 is 6.58 Å². The highest BCUT2D eigenvalue weighted by molar-refractivity contribution is 5.48. The molecule has 1 N–H and O–H groups in total. The monoisotopic (exact) mass is 135 g/mol. The molecule has 0 radical (unpaired) electrons. The predicted octanol–water partition coefficient (Wildman–Crippen LogP) is 1.69. The lowest BCUT2D eigenvalue weighted by Gasteiger charge is -1.88. The van der Waals surface area contributed by atoms with Gasteiger partial charge in [0.1, 0.15) is 0 Å². The van der Waals surface area contributed by atoms with Crippen molar-refractivity contribution in [1.82, 2.24) is 0 Å². The van der Waals surface area contributed by atoms with E-state index >= 15 is 0 Å². The first kappa shape index (κ1) is 5.69. The Hall–Kier alpha value is -1.08. The fourth-order valence-corrected chi connectivity index (χ4v) is 0.718. The summed E-state index contributed by atoms with van der Waals surface area (Å²) in [6, 6.07) is 9.58. The Bertz CT molecular complexity index is 229. The van der Waals surface area contributed by atoms with Gasteiger partial charge in [0.25, 0.3) is 0 Å². The lowest BCUT2D eigenvalue weighted by atomic mass is 10.2. The average Bonchev–Trinajstić information content (AvgIpc) is 2.03. The van der Waals surface area contributed by atoms with Crippen molar-refractivity contribution in [1.29, 1.82) is 0 Å². The molecule has 0 saturated heterocycles. The maximum absolute atomic E-state index is 8.59. The molecule has 0 fully saturated rings. The average molecular weight is 135 g/mol. The van der Waals surface area contributed by atoms with E-state index in [1.807, 2.05) is 30.3 Å². The Morgan fingerprint density at radius 1 is 1.40 bits per heavy atom. The molecule has 0 amide bonds. The fraction of sp³-hybridized carbons (Fsp3) is 0.111. The van der Waals surface area contributed by atoms with Crippen LogP contribution in [0.2, 0.25) is 0 Å². The van der Waals surface area contributed by atoms with Crippen LogP contribution in [0, 0.1) is 0 Å². The molecule has 0 unspecified atom stereocenters. The third kappa shape index (κ3) is 2.03. The molecular formula is C9H10O. The largest absolute Gasteiger partial charge is 0.392 e. The summed E-state index contributed by atoms with van der Waals surface area (Å²) in [5, 5.41) is 8.59. The first-order chi connectivity index (χ1) is 5.29. The highest BCUT2D eigenvalue weighted by Gasteiger charge is 1.79. The molecule has 0 spiro atoms. The zero-order chi connectivity index (χ0) is 8.10. The molecule has 0 heterocycles. The Morgan fingerprint density at radius 3 is 2.70 bits per heavy atom. The van der Waals surface area contributed by atoms with E-state index in [1.165, 1.54) is 6.08 Å². The van der Waals surface area contributed by atoms with Crippen LogP contribution in [0.1, 0.15) is 6.93 Å². The second kappa shape index (κ2) is 3.85. The van der Waals surface area contributed by atoms with Crippen molar-refractivity contribution in [2.45, 2.75) is 0 Å². The Labute approximate surface area is 62.0 Å². The summed E-state index contributed by atoms with van der Waals surface area (Å²) in [5.74, 6) is 0. The summed E-state index contributed by atoms with van der Waals surface area (Å²) in [6.45, 7) is -1.12. The van der Waals surface area contributed by atoms with Gasteiger partial charge in [-0.3, -0.25) is 0 Å². The summed E-state index contributed by atoms with van der Waals surface area (Å²) in [6.07, 6.45) is 3.15. The standard InChI is InChI=1S/C9H10O/c10-8-4-7-9-5-2-1-3-6-9/h1-7,10H,8H2/b7-4+/i8D/t8-/m0/s1. The molecule has 52 valence electrons. The van der Waals surface area contributed by atoms with E-state index in [2.05, 4.69) is 0 Å². The van der Waals surface area contributed by atoms with Gasteiger partial charge >= 0.3 is 0 Å². The predicted molar refractivity (Wildman–Crippen MR) is 42.6 cm³/mol. The second-order valence-corrected chi connectivity index (χ2v) is 1.92. The fourth-order valence-electron chi connectivity index (χ4n) is 0.718. The zero-order valence-corrected chi connectivity index (χ0v) is 5.57. The number of rotatable bonds is 2. The van der Waals surface area contributed by atoms with Gasteiger partial charge in [-0.1, -0.05) is 42.5 Å². The summed E-state index contributed by atoms with van der Waals surface area (Å²) < 4.78 is 6.80. The van der Waals surface area contributed by atoms with Crippen molar-refractivity contribution in [3.8, 4) is 0 Å². The van der Waals surface area contributed by atoms with E-state index in [9.17, 15) is 0 Å². The number of aliphatic hydroxyl groups is 1. The smallest absolute Gasteiger partial charge is 0.0615 e. The number of benzene rings is 1. The van der Waals surface area contributed by atoms with Crippen molar-refractivity contribution in [3.63, 3.8) is 0 Å². The van der Waals surface area contributed by atoms with Crippen LogP contribution in [0.5, 0.6) is 0 Å². The Kier molecular flexibility index (Phi) is 2.19. The van der Waals surface area contributed by atoms with Crippen molar-refractivity contribution < 1.29 is 6.48 Å². The van der Waals surface area contributed by atoms with Crippen molar-refractivity contribution in [2.24, 2.45) is 0 Å². The number of hydrogen-bond donors (Lipinski definition) is 1. The topological polar surface area (TPSA) is 20.2 Å². The van der Waals surface area contributed by atoms with Gasteiger partial charge in [-0.2, -0.15) is 0 Å². The zero-order valence-electron chi connectivity index (χ0n) is 6.57. The van der Waals surface area contributed by atoms with E-state index in [0.717, 1.165) is 5.56 Å². The van der Waals surface area contributed by atoms with Gasteiger partial charge < -0.3 is 5.11 Å². The molecule has 0 aliphatic heterocycles. The lowest BCUT2D eigenvalue weighted by molar-refractivity contribution is 0.343. The van der Waals surface area contributed by atoms with Crippen LogP contribution in [-0.4, -0.2) is 11.7 Å². The van der Waals surface area contributed by atoms with E-state index in [1.54, 1.807) is 6.08 Å². The minimum Gasteiger partial charge on any atom is -0.392 e. The van der Waals surface area contributed by atoms with Gasteiger partial charge in [0.15, 0.2) is 0 Å². The minimum absolute atomic E-state index is 0.999. The third-order valence-electron chi connectivity index (χ3n) is 1.17. The highest BCUT2D eigenvalue weighted by Crippen LogP contribution is 1.99. The van der Waals surface area contributed by atoms with Crippen LogP contribution in [0.15, 0.2) is 36.4 Å². The van der Waals surface area contributed by atoms with Gasteiger partial charge in [-0.15, -0.1) is 0 Å². The van der Waals surface area contributed by atoms with Crippen molar-refractivity contribution in [2.75, 3.05) is 6.58 Å². The van der Waals surface area contributed by atoms with Crippen LogP contribution in [0.25, 0.3) is 6.08 Å². The molecule has 1 rings (SSSR count). The quantitative estimate of drug-likeness (QED) is 0.654. The molecule has 0 aromatic heterocycles. The molecule has 1 atom stereocenters. The van der Waals surface area contributed by atoms with Gasteiger partial charge in [-0.25, -0.2) is 0 Å². The molecule has 0 aliphatic carbocycles. The lowest BCUT2D eigenvalue weighted by Crippen LogP contribution is -1.72. The molecule has 1 aromatic rings. The molecule has 1 aromatic carbocycles. The highest BCUT2D eigenvalue weighted by atomic mass is 16.2. The molecule has 1 nitrogen and oxygen atoms in total. The van der Waals surface area contributed by atoms with Crippen molar-refractivity contribution in [3.05, 3.63) is 42.0 Å². The first-order valence-electron chi connectivity index (χ1n) is 3.70. The Balaban J connectivity index is 2.65. The van der Waals surface area contributed by atoms with Crippen LogP contribution in [0.4, 0.5) is 0 Å². The summed E-state index contributed by atoms with van der Waals surface area (Å²) in [5.41, 5.74) is 0.999. The van der Waals surface area contributed by atoms with E-state index in [4.69, 9.17) is 6.48 Å². The number of hydrogen-bond acceptors (Lipinski definition) is 1. The molecule has 10 heavy (non-hydrogen) atoms. The summed E-state index contributed by atoms with van der Waals surface area (Å²) in [4.78, 5) is 0. The van der Waals surface area contributed by atoms with Gasteiger partial charge in [0.2, 0.25) is 0 Å². The van der Waals surface area contributed by atoms with Crippen molar-refractivity contribution >= 4 is 6.08 Å². The molecule has 0 aliphatic rings. The maximum atomic E-state index is 8.59. The third-order valence-corrected chi connectivity index (χ3v) is 1.17. The van der Waals surface area contributed by atoms with Gasteiger partial charge in [0.05, 0.1) is 7.95 Å². The molecule has 0 saturated carbocycles. The molecule has 1 heteroatoms. The van der Waals surface area contributed by atoms with Crippen LogP contribution >= 0.6 is 0 Å². The Morgan fingerprint density at radius 2 is 2.10 bits per heavy atom. The van der Waals surface area contributed by atoms with E-state index in [-0.39, 0.29) is 0 Å². The minimum atomic E-state index is -1.12.